The van der Waals surface area contributed by atoms with E-state index in [1.54, 1.807) is 0 Å². The monoisotopic (exact) mass is 238 g/mol. The predicted octanol–water partition coefficient (Wildman–Crippen LogP) is 0.839. The van der Waals surface area contributed by atoms with Gasteiger partial charge in [-0.05, 0) is 30.8 Å². The molecule has 0 aromatic heterocycles. The van der Waals surface area contributed by atoms with Gasteiger partial charge in [0.15, 0.2) is 0 Å². The van der Waals surface area contributed by atoms with E-state index in [1.165, 1.54) is 5.57 Å². The van der Waals surface area contributed by atoms with Crippen LogP contribution in [0.5, 0.6) is 0 Å². The van der Waals surface area contributed by atoms with Gasteiger partial charge in [-0.2, -0.15) is 0 Å². The van der Waals surface area contributed by atoms with Crippen molar-refractivity contribution in [2.24, 2.45) is 5.41 Å². The molecule has 0 aromatic carbocycles. The van der Waals surface area contributed by atoms with Gasteiger partial charge in [0.2, 0.25) is 5.91 Å². The summed E-state index contributed by atoms with van der Waals surface area (Å²) in [5, 5.41) is 6.22. The highest BCUT2D eigenvalue weighted by Crippen LogP contribution is 2.28. The topological polar surface area (TPSA) is 50.4 Å². The smallest absolute Gasteiger partial charge is 0.246 e. The molecule has 2 aliphatic rings. The fourth-order valence-corrected chi connectivity index (χ4v) is 2.14. The molecule has 2 rings (SSSR count). The summed E-state index contributed by atoms with van der Waals surface area (Å²) in [4.78, 5) is 11.9. The van der Waals surface area contributed by atoms with Crippen LogP contribution in [0.15, 0.2) is 11.1 Å². The van der Waals surface area contributed by atoms with Crippen molar-refractivity contribution in [3.05, 3.63) is 11.1 Å². The van der Waals surface area contributed by atoms with E-state index in [-0.39, 0.29) is 11.3 Å². The number of rotatable bonds is 3. The number of hydrogen-bond donors (Lipinski definition) is 2. The molecule has 2 N–H and O–H groups in total. The third-order valence-corrected chi connectivity index (χ3v) is 3.92. The molecule has 4 heteroatoms. The second-order valence-corrected chi connectivity index (χ2v) is 5.44. The molecule has 0 bridgehead atoms. The minimum absolute atomic E-state index is 0.0919. The third kappa shape index (κ3) is 3.07. The Labute approximate surface area is 103 Å². The Morgan fingerprint density at radius 3 is 2.59 bits per heavy atom. The molecule has 0 spiro atoms. The van der Waals surface area contributed by atoms with Crippen LogP contribution in [-0.4, -0.2) is 38.8 Å². The van der Waals surface area contributed by atoms with E-state index >= 15 is 0 Å². The van der Waals surface area contributed by atoms with Crippen LogP contribution in [0.4, 0.5) is 0 Å². The molecule has 2 fully saturated rings. The fraction of sp³-hybridized carbons (Fsp3) is 0.769. The molecule has 2 saturated heterocycles. The molecule has 2 aliphatic heterocycles. The normalized spacial score (nSPS) is 22.8. The summed E-state index contributed by atoms with van der Waals surface area (Å²) in [5.41, 5.74) is 2.33. The van der Waals surface area contributed by atoms with Crippen molar-refractivity contribution >= 4 is 5.91 Å². The Hall–Kier alpha value is -0.870. The van der Waals surface area contributed by atoms with Crippen LogP contribution in [0.1, 0.15) is 26.7 Å². The number of amides is 1. The summed E-state index contributed by atoms with van der Waals surface area (Å²) in [5.74, 6) is 0.0919. The largest absolute Gasteiger partial charge is 0.381 e. The van der Waals surface area contributed by atoms with E-state index in [0.29, 0.717) is 0 Å². The molecule has 0 aliphatic carbocycles. The van der Waals surface area contributed by atoms with E-state index in [0.717, 1.165) is 51.3 Å². The first-order chi connectivity index (χ1) is 8.11. The Morgan fingerprint density at radius 2 is 2.06 bits per heavy atom. The van der Waals surface area contributed by atoms with Crippen LogP contribution < -0.4 is 10.6 Å². The second kappa shape index (κ2) is 5.19. The number of hydrogen-bond acceptors (Lipinski definition) is 3. The molecular weight excluding hydrogens is 216 g/mol. The minimum Gasteiger partial charge on any atom is -0.381 e. The second-order valence-electron chi connectivity index (χ2n) is 5.44. The summed E-state index contributed by atoms with van der Waals surface area (Å²) in [6, 6.07) is 0. The molecular formula is C13H22N2O2. The van der Waals surface area contributed by atoms with Gasteiger partial charge in [-0.3, -0.25) is 4.79 Å². The van der Waals surface area contributed by atoms with Crippen molar-refractivity contribution < 1.29 is 9.53 Å². The number of carbonyl (C=O) groups is 1. The highest BCUT2D eigenvalue weighted by molar-refractivity contribution is 5.93. The molecule has 0 unspecified atom stereocenters. The molecule has 0 atom stereocenters. The van der Waals surface area contributed by atoms with Crippen LogP contribution in [0, 0.1) is 5.41 Å². The van der Waals surface area contributed by atoms with Gasteiger partial charge in [-0.1, -0.05) is 6.92 Å². The van der Waals surface area contributed by atoms with Gasteiger partial charge in [-0.15, -0.1) is 0 Å². The van der Waals surface area contributed by atoms with Crippen molar-refractivity contribution in [3.8, 4) is 0 Å². The standard InChI is InChI=1S/C13H22N2O2/c1-10(11-7-14-8-11)12(16)15-9-13(2)3-5-17-6-4-13/h14H,3-9H2,1-2H3,(H,15,16). The Bertz CT molecular complexity index is 324. The summed E-state index contributed by atoms with van der Waals surface area (Å²) in [6.07, 6.45) is 2.06. The Balaban J connectivity index is 1.83. The van der Waals surface area contributed by atoms with E-state index in [1.807, 2.05) is 6.92 Å². The zero-order valence-electron chi connectivity index (χ0n) is 10.8. The maximum atomic E-state index is 11.9. The first-order valence-electron chi connectivity index (χ1n) is 6.36. The average Bonchev–Trinajstić information content (AvgIpc) is 2.24. The van der Waals surface area contributed by atoms with Crippen LogP contribution in [0.25, 0.3) is 0 Å². The summed E-state index contributed by atoms with van der Waals surface area (Å²) >= 11 is 0. The van der Waals surface area contributed by atoms with Gasteiger partial charge in [0.25, 0.3) is 0 Å². The lowest BCUT2D eigenvalue weighted by atomic mass is 9.82. The summed E-state index contributed by atoms with van der Waals surface area (Å²) in [6.45, 7) is 8.26. The molecule has 0 aromatic rings. The van der Waals surface area contributed by atoms with Crippen LogP contribution >= 0.6 is 0 Å². The Kier molecular flexibility index (Phi) is 3.84. The van der Waals surface area contributed by atoms with Crippen LogP contribution in [0.2, 0.25) is 0 Å². The van der Waals surface area contributed by atoms with Crippen molar-refractivity contribution in [2.75, 3.05) is 32.8 Å². The van der Waals surface area contributed by atoms with Gasteiger partial charge in [-0.25, -0.2) is 0 Å². The average molecular weight is 238 g/mol. The van der Waals surface area contributed by atoms with Crippen molar-refractivity contribution in [1.82, 2.24) is 10.6 Å². The maximum Gasteiger partial charge on any atom is 0.246 e. The first-order valence-corrected chi connectivity index (χ1v) is 6.36. The lowest BCUT2D eigenvalue weighted by Crippen LogP contribution is -2.41. The molecule has 2 heterocycles. The highest BCUT2D eigenvalue weighted by atomic mass is 16.5. The molecule has 1 amide bonds. The Morgan fingerprint density at radius 1 is 1.41 bits per heavy atom. The number of nitrogens with one attached hydrogen (secondary N) is 2. The zero-order chi connectivity index (χ0) is 12.3. The third-order valence-electron chi connectivity index (χ3n) is 3.92. The number of carbonyl (C=O) groups excluding carboxylic acids is 1. The van der Waals surface area contributed by atoms with E-state index in [9.17, 15) is 4.79 Å². The lowest BCUT2D eigenvalue weighted by Gasteiger charge is -2.33. The van der Waals surface area contributed by atoms with E-state index in [2.05, 4.69) is 17.6 Å². The molecule has 17 heavy (non-hydrogen) atoms. The van der Waals surface area contributed by atoms with Crippen molar-refractivity contribution in [1.29, 1.82) is 0 Å². The van der Waals surface area contributed by atoms with E-state index < -0.39 is 0 Å². The van der Waals surface area contributed by atoms with Gasteiger partial charge in [0.05, 0.1) is 0 Å². The SMILES string of the molecule is CC(C(=O)NCC1(C)CCOCC1)=C1CNC1. The fourth-order valence-electron chi connectivity index (χ4n) is 2.14. The molecule has 96 valence electrons. The predicted molar refractivity (Wildman–Crippen MR) is 66.7 cm³/mol. The van der Waals surface area contributed by atoms with Gasteiger partial charge in [0.1, 0.15) is 0 Å². The molecule has 0 radical (unpaired) electrons. The maximum absolute atomic E-state index is 11.9. The van der Waals surface area contributed by atoms with Crippen LogP contribution in [0.3, 0.4) is 0 Å². The summed E-state index contributed by atoms with van der Waals surface area (Å²) < 4.78 is 5.35. The zero-order valence-corrected chi connectivity index (χ0v) is 10.8. The highest BCUT2D eigenvalue weighted by Gasteiger charge is 2.28. The summed E-state index contributed by atoms with van der Waals surface area (Å²) in [7, 11) is 0. The first kappa shape index (κ1) is 12.6. The number of ether oxygens (including phenoxy) is 1. The van der Waals surface area contributed by atoms with Crippen molar-refractivity contribution in [3.63, 3.8) is 0 Å². The molecule has 0 saturated carbocycles. The molecule has 4 nitrogen and oxygen atoms in total. The van der Waals surface area contributed by atoms with Crippen molar-refractivity contribution in [2.45, 2.75) is 26.7 Å². The lowest BCUT2D eigenvalue weighted by molar-refractivity contribution is -0.118. The van der Waals surface area contributed by atoms with Crippen LogP contribution in [-0.2, 0) is 9.53 Å². The van der Waals surface area contributed by atoms with E-state index in [4.69, 9.17) is 4.74 Å². The van der Waals surface area contributed by atoms with Gasteiger partial charge in [0, 0.05) is 38.4 Å². The van der Waals surface area contributed by atoms with Gasteiger partial charge < -0.3 is 15.4 Å². The van der Waals surface area contributed by atoms with Gasteiger partial charge >= 0.3 is 0 Å². The quantitative estimate of drug-likeness (QED) is 0.716. The minimum atomic E-state index is 0.0919.